The van der Waals surface area contributed by atoms with Crippen LogP contribution in [0.5, 0.6) is 0 Å². The Kier molecular flexibility index (Phi) is 3.09. The van der Waals surface area contributed by atoms with Crippen LogP contribution < -0.4 is 5.32 Å². The number of rotatable bonds is 2. The van der Waals surface area contributed by atoms with E-state index >= 15 is 0 Å². The lowest BCUT2D eigenvalue weighted by Gasteiger charge is -2.59. The first-order valence-electron chi connectivity index (χ1n) is 7.25. The van der Waals surface area contributed by atoms with Gasteiger partial charge in [0.05, 0.1) is 11.5 Å². The molecule has 102 valence electrons. The molecule has 1 aromatic rings. The van der Waals surface area contributed by atoms with Gasteiger partial charge in [-0.3, -0.25) is 4.79 Å². The molecule has 3 nitrogen and oxygen atoms in total. The molecule has 2 heterocycles. The molecule has 0 radical (unpaired) electrons. The molecule has 2 aliphatic heterocycles. The largest absolute Gasteiger partial charge is 0.332 e. The summed E-state index contributed by atoms with van der Waals surface area (Å²) in [5.74, 6) is 0.359. The minimum absolute atomic E-state index is 0.142. The van der Waals surface area contributed by atoms with Gasteiger partial charge in [0.15, 0.2) is 0 Å². The van der Waals surface area contributed by atoms with E-state index in [-0.39, 0.29) is 17.5 Å². The number of hydrogen-bond donors (Lipinski definition) is 1. The summed E-state index contributed by atoms with van der Waals surface area (Å²) in [6.07, 6.45) is 1.93. The van der Waals surface area contributed by atoms with Crippen molar-refractivity contribution in [2.24, 2.45) is 5.41 Å². The normalized spacial score (nSPS) is 25.7. The zero-order valence-corrected chi connectivity index (χ0v) is 11.7. The molecule has 1 spiro atoms. The number of hydrogen-bond acceptors (Lipinski definition) is 2. The molecule has 2 saturated heterocycles. The average molecular weight is 258 g/mol. The second-order valence-electron chi connectivity index (χ2n) is 6.03. The van der Waals surface area contributed by atoms with E-state index < -0.39 is 0 Å². The standard InChI is InChI=1S/C16H22N2O/c1-12(2)18-14(13-6-4-3-5-7-13)16(15(18)19)8-10-17-11-9-16/h3-7,12,14,17H,8-11H2,1-2H3. The molecule has 19 heavy (non-hydrogen) atoms. The number of carbonyl (C=O) groups excluding carboxylic acids is 1. The van der Waals surface area contributed by atoms with Gasteiger partial charge in [-0.05, 0) is 45.3 Å². The number of likely N-dealkylation sites (tertiary alicyclic amines) is 1. The average Bonchev–Trinajstić information content (AvgIpc) is 2.45. The van der Waals surface area contributed by atoms with Crippen LogP contribution in [-0.4, -0.2) is 29.9 Å². The van der Waals surface area contributed by atoms with Crippen LogP contribution in [0.25, 0.3) is 0 Å². The predicted molar refractivity (Wildman–Crippen MR) is 75.7 cm³/mol. The highest BCUT2D eigenvalue weighted by Gasteiger charge is 2.61. The topological polar surface area (TPSA) is 32.3 Å². The fourth-order valence-electron chi connectivity index (χ4n) is 3.70. The Bertz CT molecular complexity index is 463. The maximum atomic E-state index is 12.7. The van der Waals surface area contributed by atoms with Gasteiger partial charge in [0.25, 0.3) is 0 Å². The van der Waals surface area contributed by atoms with E-state index in [1.807, 2.05) is 6.07 Å². The molecule has 2 aliphatic rings. The summed E-state index contributed by atoms with van der Waals surface area (Å²) in [5.41, 5.74) is 1.15. The van der Waals surface area contributed by atoms with Gasteiger partial charge >= 0.3 is 0 Å². The molecular formula is C16H22N2O. The van der Waals surface area contributed by atoms with E-state index in [2.05, 4.69) is 48.3 Å². The van der Waals surface area contributed by atoms with E-state index in [0.29, 0.717) is 5.91 Å². The third-order valence-electron chi connectivity index (χ3n) is 4.63. The van der Waals surface area contributed by atoms with Crippen LogP contribution in [0.15, 0.2) is 30.3 Å². The van der Waals surface area contributed by atoms with Crippen molar-refractivity contribution < 1.29 is 4.79 Å². The van der Waals surface area contributed by atoms with Crippen molar-refractivity contribution >= 4 is 5.91 Å². The van der Waals surface area contributed by atoms with E-state index in [0.717, 1.165) is 25.9 Å². The molecule has 3 heteroatoms. The van der Waals surface area contributed by atoms with E-state index in [1.165, 1.54) is 5.56 Å². The van der Waals surface area contributed by atoms with Gasteiger partial charge in [0.1, 0.15) is 0 Å². The Morgan fingerprint density at radius 3 is 2.42 bits per heavy atom. The number of piperidine rings is 1. The maximum absolute atomic E-state index is 12.7. The van der Waals surface area contributed by atoms with E-state index in [1.54, 1.807) is 0 Å². The molecule has 1 N–H and O–H groups in total. The second-order valence-corrected chi connectivity index (χ2v) is 6.03. The Labute approximate surface area is 115 Å². The van der Waals surface area contributed by atoms with E-state index in [4.69, 9.17) is 0 Å². The van der Waals surface area contributed by atoms with Gasteiger partial charge in [0.2, 0.25) is 5.91 Å². The second kappa shape index (κ2) is 4.64. The number of amides is 1. The van der Waals surface area contributed by atoms with E-state index in [9.17, 15) is 4.79 Å². The highest BCUT2D eigenvalue weighted by molar-refractivity contribution is 5.91. The fourth-order valence-corrected chi connectivity index (χ4v) is 3.70. The van der Waals surface area contributed by atoms with Crippen molar-refractivity contribution in [2.75, 3.05) is 13.1 Å². The van der Waals surface area contributed by atoms with Gasteiger partial charge < -0.3 is 10.2 Å². The highest BCUT2D eigenvalue weighted by atomic mass is 16.2. The molecule has 1 aromatic carbocycles. The minimum Gasteiger partial charge on any atom is -0.332 e. The lowest BCUT2D eigenvalue weighted by molar-refractivity contribution is -0.182. The molecule has 0 bridgehead atoms. The summed E-state index contributed by atoms with van der Waals surface area (Å²) >= 11 is 0. The van der Waals surface area contributed by atoms with Crippen LogP contribution in [0.3, 0.4) is 0 Å². The van der Waals surface area contributed by atoms with Crippen LogP contribution in [0.4, 0.5) is 0 Å². The third kappa shape index (κ3) is 1.79. The summed E-state index contributed by atoms with van der Waals surface area (Å²) < 4.78 is 0. The third-order valence-corrected chi connectivity index (χ3v) is 4.63. The molecule has 1 amide bonds. The van der Waals surface area contributed by atoms with Crippen molar-refractivity contribution in [3.8, 4) is 0 Å². The fraction of sp³-hybridized carbons (Fsp3) is 0.562. The Morgan fingerprint density at radius 2 is 1.84 bits per heavy atom. The van der Waals surface area contributed by atoms with Gasteiger partial charge in [-0.1, -0.05) is 30.3 Å². The van der Waals surface area contributed by atoms with Gasteiger partial charge in [-0.15, -0.1) is 0 Å². The lowest BCUT2D eigenvalue weighted by Crippen LogP contribution is -2.67. The minimum atomic E-state index is -0.142. The summed E-state index contributed by atoms with van der Waals surface area (Å²) in [6.45, 7) is 6.14. The molecule has 1 unspecified atom stereocenters. The molecule has 3 rings (SSSR count). The van der Waals surface area contributed by atoms with Crippen molar-refractivity contribution in [2.45, 2.75) is 38.8 Å². The summed E-state index contributed by atoms with van der Waals surface area (Å²) in [7, 11) is 0. The van der Waals surface area contributed by atoms with Crippen LogP contribution >= 0.6 is 0 Å². The molecular weight excluding hydrogens is 236 g/mol. The van der Waals surface area contributed by atoms with Crippen molar-refractivity contribution in [1.29, 1.82) is 0 Å². The number of β-lactam (4-membered cyclic amide) rings is 1. The molecule has 0 saturated carbocycles. The lowest BCUT2D eigenvalue weighted by atomic mass is 9.62. The zero-order valence-electron chi connectivity index (χ0n) is 11.7. The Morgan fingerprint density at radius 1 is 1.21 bits per heavy atom. The number of carbonyl (C=O) groups is 1. The van der Waals surface area contributed by atoms with Crippen molar-refractivity contribution in [3.05, 3.63) is 35.9 Å². The first-order chi connectivity index (χ1) is 9.17. The van der Waals surface area contributed by atoms with Crippen LogP contribution in [-0.2, 0) is 4.79 Å². The quantitative estimate of drug-likeness (QED) is 0.826. The summed E-state index contributed by atoms with van der Waals surface area (Å²) in [5, 5.41) is 3.37. The number of benzene rings is 1. The smallest absolute Gasteiger partial charge is 0.232 e. The highest BCUT2D eigenvalue weighted by Crippen LogP contribution is 2.55. The Hall–Kier alpha value is -1.35. The molecule has 0 aromatic heterocycles. The molecule has 0 aliphatic carbocycles. The Balaban J connectivity index is 1.98. The number of nitrogens with one attached hydrogen (secondary N) is 1. The molecule has 1 atom stereocenters. The summed E-state index contributed by atoms with van der Waals surface area (Å²) in [6, 6.07) is 11.1. The van der Waals surface area contributed by atoms with Gasteiger partial charge in [0, 0.05) is 6.04 Å². The SMILES string of the molecule is CC(C)N1C(=O)C2(CCNCC2)C1c1ccccc1. The monoisotopic (exact) mass is 258 g/mol. The van der Waals surface area contributed by atoms with Gasteiger partial charge in [-0.2, -0.15) is 0 Å². The van der Waals surface area contributed by atoms with Crippen molar-refractivity contribution in [3.63, 3.8) is 0 Å². The van der Waals surface area contributed by atoms with Crippen LogP contribution in [0.1, 0.15) is 38.3 Å². The molecule has 2 fully saturated rings. The number of nitrogens with zero attached hydrogens (tertiary/aromatic N) is 1. The van der Waals surface area contributed by atoms with Crippen LogP contribution in [0, 0.1) is 5.41 Å². The zero-order chi connectivity index (χ0) is 13.5. The van der Waals surface area contributed by atoms with Crippen LogP contribution in [0.2, 0.25) is 0 Å². The first-order valence-corrected chi connectivity index (χ1v) is 7.25. The van der Waals surface area contributed by atoms with Crippen molar-refractivity contribution in [1.82, 2.24) is 10.2 Å². The summed E-state index contributed by atoms with van der Waals surface area (Å²) in [4.78, 5) is 14.7. The van der Waals surface area contributed by atoms with Gasteiger partial charge in [-0.25, -0.2) is 0 Å². The maximum Gasteiger partial charge on any atom is 0.232 e. The predicted octanol–water partition coefficient (Wildman–Crippen LogP) is 2.35. The first kappa shape index (κ1) is 12.7.